The van der Waals surface area contributed by atoms with Crippen LogP contribution < -0.4 is 9.77 Å². The number of anilines is 1. The Balaban J connectivity index is 1.75. The van der Waals surface area contributed by atoms with Crippen LogP contribution in [0.2, 0.25) is 0 Å². The van der Waals surface area contributed by atoms with Crippen LogP contribution in [0.3, 0.4) is 0 Å². The lowest BCUT2D eigenvalue weighted by atomic mass is 10.1. The first-order valence-electron chi connectivity index (χ1n) is 6.75. The van der Waals surface area contributed by atoms with Crippen LogP contribution in [-0.4, -0.2) is 17.4 Å². The highest BCUT2D eigenvalue weighted by Gasteiger charge is 2.25. The lowest BCUT2D eigenvalue weighted by molar-refractivity contribution is 0.0989. The van der Waals surface area contributed by atoms with Crippen LogP contribution in [0, 0.1) is 0 Å². The summed E-state index contributed by atoms with van der Waals surface area (Å²) in [6.45, 7) is 0.708. The SMILES string of the molecule is O=C(c1ccc2[nH]c(=O)sc2c1)N1CCc2ccccc21. The van der Waals surface area contributed by atoms with Crippen molar-refractivity contribution in [1.29, 1.82) is 0 Å². The number of fused-ring (bicyclic) bond motifs is 2. The second-order valence-corrected chi connectivity index (χ2v) is 6.08. The maximum absolute atomic E-state index is 12.7. The van der Waals surface area contributed by atoms with Gasteiger partial charge < -0.3 is 9.88 Å². The molecular weight excluding hydrogens is 284 g/mol. The minimum absolute atomic E-state index is 0.0114. The predicted octanol–water partition coefficient (Wildman–Crippen LogP) is 2.79. The number of carbonyl (C=O) groups is 1. The number of amides is 1. The van der Waals surface area contributed by atoms with Gasteiger partial charge in [-0.25, -0.2) is 0 Å². The fourth-order valence-electron chi connectivity index (χ4n) is 2.78. The molecule has 0 saturated heterocycles. The standard InChI is InChI=1S/C16H12N2O2S/c19-15(18-8-7-10-3-1-2-4-13(10)18)11-5-6-12-14(9-11)21-16(20)17-12/h1-6,9H,7-8H2,(H,17,20). The number of nitrogens with one attached hydrogen (secondary N) is 1. The number of benzene rings is 2. The van der Waals surface area contributed by atoms with Crippen molar-refractivity contribution in [3.8, 4) is 0 Å². The van der Waals surface area contributed by atoms with Gasteiger partial charge in [-0.3, -0.25) is 9.59 Å². The van der Waals surface area contributed by atoms with E-state index < -0.39 is 0 Å². The summed E-state index contributed by atoms with van der Waals surface area (Å²) >= 11 is 1.13. The minimum Gasteiger partial charge on any atom is -0.312 e. The van der Waals surface area contributed by atoms with Crippen LogP contribution in [0.1, 0.15) is 15.9 Å². The number of H-pyrrole nitrogens is 1. The van der Waals surface area contributed by atoms with Gasteiger partial charge in [-0.1, -0.05) is 29.5 Å². The van der Waals surface area contributed by atoms with Gasteiger partial charge in [0.25, 0.3) is 5.91 Å². The van der Waals surface area contributed by atoms with Crippen LogP contribution in [0.4, 0.5) is 5.69 Å². The fourth-order valence-corrected chi connectivity index (χ4v) is 3.56. The molecule has 5 heteroatoms. The number of aromatic nitrogens is 1. The summed E-state index contributed by atoms with van der Waals surface area (Å²) in [6.07, 6.45) is 0.891. The molecular formula is C16H12N2O2S. The molecule has 0 fully saturated rings. The number of para-hydroxylation sites is 1. The molecule has 1 amide bonds. The van der Waals surface area contributed by atoms with E-state index in [0.29, 0.717) is 12.1 Å². The largest absolute Gasteiger partial charge is 0.312 e. The molecule has 1 aliphatic heterocycles. The number of rotatable bonds is 1. The Labute approximate surface area is 124 Å². The molecule has 0 saturated carbocycles. The van der Waals surface area contributed by atoms with Gasteiger partial charge in [-0.2, -0.15) is 0 Å². The molecule has 2 heterocycles. The molecule has 21 heavy (non-hydrogen) atoms. The second-order valence-electron chi connectivity index (χ2n) is 5.06. The van der Waals surface area contributed by atoms with Crippen molar-refractivity contribution in [2.24, 2.45) is 0 Å². The number of carbonyl (C=O) groups excluding carboxylic acids is 1. The lowest BCUT2D eigenvalue weighted by Gasteiger charge is -2.17. The number of aromatic amines is 1. The van der Waals surface area contributed by atoms with E-state index in [4.69, 9.17) is 0 Å². The predicted molar refractivity (Wildman–Crippen MR) is 84.3 cm³/mol. The van der Waals surface area contributed by atoms with E-state index in [2.05, 4.69) is 11.1 Å². The fraction of sp³-hybridized carbons (Fsp3) is 0.125. The molecule has 0 bridgehead atoms. The van der Waals surface area contributed by atoms with Crippen molar-refractivity contribution in [2.75, 3.05) is 11.4 Å². The monoisotopic (exact) mass is 296 g/mol. The first-order valence-corrected chi connectivity index (χ1v) is 7.57. The zero-order chi connectivity index (χ0) is 14.4. The van der Waals surface area contributed by atoms with E-state index >= 15 is 0 Å². The zero-order valence-electron chi connectivity index (χ0n) is 11.1. The first kappa shape index (κ1) is 12.3. The Morgan fingerprint density at radius 2 is 2.05 bits per heavy atom. The minimum atomic E-state index is -0.0962. The van der Waals surface area contributed by atoms with Gasteiger partial charge in [0, 0.05) is 17.8 Å². The van der Waals surface area contributed by atoms with Crippen molar-refractivity contribution in [3.63, 3.8) is 0 Å². The highest BCUT2D eigenvalue weighted by Crippen LogP contribution is 2.29. The molecule has 0 atom stereocenters. The third kappa shape index (κ3) is 1.97. The van der Waals surface area contributed by atoms with Crippen LogP contribution in [-0.2, 0) is 6.42 Å². The van der Waals surface area contributed by atoms with Crippen LogP contribution in [0.25, 0.3) is 10.2 Å². The van der Waals surface area contributed by atoms with Crippen LogP contribution >= 0.6 is 11.3 Å². The molecule has 0 unspecified atom stereocenters. The first-order chi connectivity index (χ1) is 10.2. The smallest absolute Gasteiger partial charge is 0.305 e. The molecule has 1 aliphatic rings. The van der Waals surface area contributed by atoms with Crippen molar-refractivity contribution in [2.45, 2.75) is 6.42 Å². The number of thiazole rings is 1. The summed E-state index contributed by atoms with van der Waals surface area (Å²) in [4.78, 5) is 28.5. The highest BCUT2D eigenvalue weighted by atomic mass is 32.1. The van der Waals surface area contributed by atoms with E-state index in [9.17, 15) is 9.59 Å². The van der Waals surface area contributed by atoms with Crippen LogP contribution in [0.15, 0.2) is 47.3 Å². The number of hydrogen-bond donors (Lipinski definition) is 1. The van der Waals surface area contributed by atoms with E-state index in [1.54, 1.807) is 18.2 Å². The highest BCUT2D eigenvalue weighted by molar-refractivity contribution is 7.16. The summed E-state index contributed by atoms with van der Waals surface area (Å²) < 4.78 is 0.818. The van der Waals surface area contributed by atoms with Crippen molar-refractivity contribution < 1.29 is 4.79 Å². The zero-order valence-corrected chi connectivity index (χ0v) is 11.9. The second kappa shape index (κ2) is 4.56. The normalized spacial score (nSPS) is 13.6. The average molecular weight is 296 g/mol. The Morgan fingerprint density at radius 3 is 2.95 bits per heavy atom. The maximum atomic E-state index is 12.7. The number of nitrogens with zero attached hydrogens (tertiary/aromatic N) is 1. The molecule has 0 radical (unpaired) electrons. The Kier molecular flexibility index (Phi) is 2.68. The summed E-state index contributed by atoms with van der Waals surface area (Å²) in [5.74, 6) is -0.0114. The summed E-state index contributed by atoms with van der Waals surface area (Å²) in [5.41, 5.74) is 3.60. The third-order valence-corrected chi connectivity index (χ3v) is 4.65. The molecule has 0 aliphatic carbocycles. The summed E-state index contributed by atoms with van der Waals surface area (Å²) in [6, 6.07) is 13.3. The van der Waals surface area contributed by atoms with Gasteiger partial charge in [0.05, 0.1) is 10.2 Å². The lowest BCUT2D eigenvalue weighted by Crippen LogP contribution is -2.28. The Hall–Kier alpha value is -2.40. The van der Waals surface area contributed by atoms with Crippen molar-refractivity contribution in [1.82, 2.24) is 4.98 Å². The van der Waals surface area contributed by atoms with Crippen LogP contribution in [0.5, 0.6) is 0 Å². The van der Waals surface area contributed by atoms with Gasteiger partial charge in [0.1, 0.15) is 0 Å². The van der Waals surface area contributed by atoms with E-state index in [-0.39, 0.29) is 10.8 Å². The molecule has 1 N–H and O–H groups in total. The van der Waals surface area contributed by atoms with Gasteiger partial charge >= 0.3 is 4.87 Å². The molecule has 1 aromatic heterocycles. The van der Waals surface area contributed by atoms with Gasteiger partial charge in [-0.05, 0) is 36.2 Å². The molecule has 104 valence electrons. The molecule has 2 aromatic carbocycles. The van der Waals surface area contributed by atoms with Crippen molar-refractivity contribution >= 4 is 33.1 Å². The molecule has 0 spiro atoms. The van der Waals surface area contributed by atoms with Gasteiger partial charge in [-0.15, -0.1) is 0 Å². The number of hydrogen-bond acceptors (Lipinski definition) is 3. The summed E-state index contributed by atoms with van der Waals surface area (Å²) in [5, 5.41) is 0. The quantitative estimate of drug-likeness (QED) is 0.750. The topological polar surface area (TPSA) is 53.2 Å². The average Bonchev–Trinajstić information content (AvgIpc) is 3.07. The van der Waals surface area contributed by atoms with E-state index in [0.717, 1.165) is 33.7 Å². The molecule has 4 rings (SSSR count). The summed E-state index contributed by atoms with van der Waals surface area (Å²) in [7, 11) is 0. The third-order valence-electron chi connectivity index (χ3n) is 3.80. The van der Waals surface area contributed by atoms with E-state index in [1.807, 2.05) is 23.1 Å². The molecule has 3 aromatic rings. The Bertz CT molecular complexity index is 910. The van der Waals surface area contributed by atoms with E-state index in [1.165, 1.54) is 5.56 Å². The van der Waals surface area contributed by atoms with Gasteiger partial charge in [0.15, 0.2) is 0 Å². The Morgan fingerprint density at radius 1 is 1.19 bits per heavy atom. The van der Waals surface area contributed by atoms with Crippen molar-refractivity contribution in [3.05, 3.63) is 63.3 Å². The van der Waals surface area contributed by atoms with Gasteiger partial charge in [0.2, 0.25) is 0 Å². The maximum Gasteiger partial charge on any atom is 0.305 e. The molecule has 4 nitrogen and oxygen atoms in total.